The van der Waals surface area contributed by atoms with Gasteiger partial charge in [0.05, 0.1) is 6.61 Å². The summed E-state index contributed by atoms with van der Waals surface area (Å²) in [4.78, 5) is 28.1. The smallest absolute Gasteiger partial charge is 0.222 e. The molecule has 2 rings (SSSR count). The number of piperazine rings is 1. The Balaban J connectivity index is 1.65. The zero-order valence-corrected chi connectivity index (χ0v) is 15.7. The van der Waals surface area contributed by atoms with Gasteiger partial charge in [-0.2, -0.15) is 0 Å². The summed E-state index contributed by atoms with van der Waals surface area (Å²) in [5.41, 5.74) is 1.11. The molecule has 5 heteroatoms. The van der Waals surface area contributed by atoms with Crippen LogP contribution in [0.3, 0.4) is 0 Å². The average molecular weight is 346 g/mol. The summed E-state index contributed by atoms with van der Waals surface area (Å²) in [6, 6.07) is 7.90. The summed E-state index contributed by atoms with van der Waals surface area (Å²) in [6.45, 7) is 9.24. The lowest BCUT2D eigenvalue weighted by Gasteiger charge is -2.35. The summed E-state index contributed by atoms with van der Waals surface area (Å²) >= 11 is 0. The zero-order valence-electron chi connectivity index (χ0n) is 15.7. The van der Waals surface area contributed by atoms with Gasteiger partial charge in [-0.1, -0.05) is 32.0 Å². The second-order valence-electron chi connectivity index (χ2n) is 7.08. The van der Waals surface area contributed by atoms with Crippen LogP contribution in [0.1, 0.15) is 38.7 Å². The summed E-state index contributed by atoms with van der Waals surface area (Å²) in [6.07, 6.45) is 1.79. The number of hydrogen-bond acceptors (Lipinski definition) is 3. The van der Waals surface area contributed by atoms with Crippen molar-refractivity contribution in [3.8, 4) is 5.75 Å². The molecule has 1 saturated heterocycles. The predicted octanol–water partition coefficient (Wildman–Crippen LogP) is 2.87. The number of ether oxygens (including phenoxy) is 1. The second-order valence-corrected chi connectivity index (χ2v) is 7.08. The second kappa shape index (κ2) is 9.44. The Bertz CT molecular complexity index is 578. The lowest BCUT2D eigenvalue weighted by atomic mass is 10.1. The van der Waals surface area contributed by atoms with Gasteiger partial charge in [0.25, 0.3) is 0 Å². The zero-order chi connectivity index (χ0) is 18.2. The number of benzene rings is 1. The Morgan fingerprint density at radius 3 is 2.24 bits per heavy atom. The number of para-hydroxylation sites is 1. The first-order valence-electron chi connectivity index (χ1n) is 9.21. The number of aryl methyl sites for hydroxylation is 1. The minimum absolute atomic E-state index is 0.157. The Morgan fingerprint density at radius 1 is 1.04 bits per heavy atom. The van der Waals surface area contributed by atoms with E-state index in [1.165, 1.54) is 0 Å². The molecule has 1 aromatic carbocycles. The first-order valence-corrected chi connectivity index (χ1v) is 9.21. The topological polar surface area (TPSA) is 49.9 Å². The minimum Gasteiger partial charge on any atom is -0.493 e. The van der Waals surface area contributed by atoms with Gasteiger partial charge in [-0.3, -0.25) is 9.59 Å². The van der Waals surface area contributed by atoms with E-state index in [4.69, 9.17) is 4.74 Å². The van der Waals surface area contributed by atoms with Crippen LogP contribution in [0, 0.1) is 12.8 Å². The van der Waals surface area contributed by atoms with Crippen LogP contribution in [0.2, 0.25) is 0 Å². The van der Waals surface area contributed by atoms with E-state index in [-0.39, 0.29) is 11.8 Å². The molecular formula is C20H30N2O3. The van der Waals surface area contributed by atoms with Gasteiger partial charge >= 0.3 is 0 Å². The Hall–Kier alpha value is -2.04. The van der Waals surface area contributed by atoms with Crippen LogP contribution in [-0.2, 0) is 9.59 Å². The lowest BCUT2D eigenvalue weighted by molar-refractivity contribution is -0.140. The van der Waals surface area contributed by atoms with Crippen LogP contribution < -0.4 is 4.74 Å². The van der Waals surface area contributed by atoms with Crippen LogP contribution >= 0.6 is 0 Å². The summed E-state index contributed by atoms with van der Waals surface area (Å²) < 4.78 is 5.74. The van der Waals surface area contributed by atoms with E-state index in [1.54, 1.807) is 0 Å². The summed E-state index contributed by atoms with van der Waals surface area (Å²) in [5.74, 6) is 1.62. The highest BCUT2D eigenvalue weighted by atomic mass is 16.5. The third-order valence-corrected chi connectivity index (χ3v) is 4.45. The molecule has 2 amide bonds. The van der Waals surface area contributed by atoms with Gasteiger partial charge in [0, 0.05) is 39.0 Å². The van der Waals surface area contributed by atoms with Crippen molar-refractivity contribution >= 4 is 11.8 Å². The monoisotopic (exact) mass is 346 g/mol. The first-order chi connectivity index (χ1) is 12.0. The molecule has 0 saturated carbocycles. The average Bonchev–Trinajstić information content (AvgIpc) is 2.59. The van der Waals surface area contributed by atoms with E-state index in [0.29, 0.717) is 58.0 Å². The fourth-order valence-corrected chi connectivity index (χ4v) is 2.97. The van der Waals surface area contributed by atoms with Crippen LogP contribution in [0.25, 0.3) is 0 Å². The molecule has 0 N–H and O–H groups in total. The van der Waals surface area contributed by atoms with Gasteiger partial charge in [0.2, 0.25) is 11.8 Å². The highest BCUT2D eigenvalue weighted by Gasteiger charge is 2.23. The van der Waals surface area contributed by atoms with Crippen molar-refractivity contribution in [2.45, 2.75) is 40.0 Å². The Kier molecular flexibility index (Phi) is 7.29. The summed E-state index contributed by atoms with van der Waals surface area (Å²) in [7, 11) is 0. The number of nitrogens with zero attached hydrogens (tertiary/aromatic N) is 2. The molecule has 5 nitrogen and oxygen atoms in total. The molecule has 0 spiro atoms. The van der Waals surface area contributed by atoms with E-state index >= 15 is 0 Å². The van der Waals surface area contributed by atoms with E-state index in [1.807, 2.05) is 41.0 Å². The Labute approximate surface area is 150 Å². The maximum atomic E-state index is 12.3. The first kappa shape index (κ1) is 19.3. The number of hydrogen-bond donors (Lipinski definition) is 0. The molecule has 0 bridgehead atoms. The van der Waals surface area contributed by atoms with Crippen LogP contribution in [0.5, 0.6) is 5.75 Å². The molecule has 1 aromatic rings. The quantitative estimate of drug-likeness (QED) is 0.713. The molecule has 0 aliphatic carbocycles. The van der Waals surface area contributed by atoms with Crippen LogP contribution in [0.4, 0.5) is 0 Å². The molecule has 0 atom stereocenters. The van der Waals surface area contributed by atoms with Crippen molar-refractivity contribution in [1.82, 2.24) is 9.80 Å². The number of carbonyl (C=O) groups excluding carboxylic acids is 2. The van der Waals surface area contributed by atoms with Crippen molar-refractivity contribution in [1.29, 1.82) is 0 Å². The maximum Gasteiger partial charge on any atom is 0.222 e. The largest absolute Gasteiger partial charge is 0.493 e. The van der Waals surface area contributed by atoms with Gasteiger partial charge in [-0.25, -0.2) is 0 Å². The third-order valence-electron chi connectivity index (χ3n) is 4.45. The van der Waals surface area contributed by atoms with Crippen molar-refractivity contribution < 1.29 is 14.3 Å². The van der Waals surface area contributed by atoms with Crippen LogP contribution in [0.15, 0.2) is 24.3 Å². The van der Waals surface area contributed by atoms with Gasteiger partial charge in [-0.05, 0) is 30.9 Å². The molecule has 0 unspecified atom stereocenters. The van der Waals surface area contributed by atoms with E-state index in [9.17, 15) is 9.59 Å². The highest BCUT2D eigenvalue weighted by molar-refractivity contribution is 5.78. The standard InChI is InChI=1S/C20H30N2O3/c1-16(2)15-20(24)22-12-10-21(11-13-22)19(23)9-6-14-25-18-8-5-4-7-17(18)3/h4-5,7-8,16H,6,9-15H2,1-3H3. The fourth-order valence-electron chi connectivity index (χ4n) is 2.97. The molecule has 0 aromatic heterocycles. The maximum absolute atomic E-state index is 12.3. The Morgan fingerprint density at radius 2 is 1.64 bits per heavy atom. The molecule has 1 heterocycles. The molecule has 1 aliphatic heterocycles. The van der Waals surface area contributed by atoms with Gasteiger partial charge in [0.1, 0.15) is 5.75 Å². The normalized spacial score (nSPS) is 14.7. The fraction of sp³-hybridized carbons (Fsp3) is 0.600. The molecule has 138 valence electrons. The predicted molar refractivity (Wildman–Crippen MR) is 98.5 cm³/mol. The van der Waals surface area contributed by atoms with Crippen molar-refractivity contribution in [2.24, 2.45) is 5.92 Å². The number of amides is 2. The van der Waals surface area contributed by atoms with Gasteiger partial charge < -0.3 is 14.5 Å². The van der Waals surface area contributed by atoms with E-state index < -0.39 is 0 Å². The number of rotatable bonds is 7. The van der Waals surface area contributed by atoms with Crippen LogP contribution in [-0.4, -0.2) is 54.4 Å². The third kappa shape index (κ3) is 6.07. The van der Waals surface area contributed by atoms with Crippen molar-refractivity contribution in [3.63, 3.8) is 0 Å². The molecule has 0 radical (unpaired) electrons. The lowest BCUT2D eigenvalue weighted by Crippen LogP contribution is -2.50. The van der Waals surface area contributed by atoms with Gasteiger partial charge in [0.15, 0.2) is 0 Å². The highest BCUT2D eigenvalue weighted by Crippen LogP contribution is 2.16. The molecular weight excluding hydrogens is 316 g/mol. The van der Waals surface area contributed by atoms with Crippen molar-refractivity contribution in [3.05, 3.63) is 29.8 Å². The molecule has 25 heavy (non-hydrogen) atoms. The van der Waals surface area contributed by atoms with E-state index in [0.717, 1.165) is 11.3 Å². The summed E-state index contributed by atoms with van der Waals surface area (Å²) in [5, 5.41) is 0. The minimum atomic E-state index is 0.157. The van der Waals surface area contributed by atoms with Gasteiger partial charge in [-0.15, -0.1) is 0 Å². The molecule has 1 aliphatic rings. The SMILES string of the molecule is Cc1ccccc1OCCCC(=O)N1CCN(C(=O)CC(C)C)CC1. The number of carbonyl (C=O) groups is 2. The van der Waals surface area contributed by atoms with Crippen molar-refractivity contribution in [2.75, 3.05) is 32.8 Å². The van der Waals surface area contributed by atoms with E-state index in [2.05, 4.69) is 13.8 Å². The molecule has 1 fully saturated rings.